The number of amides is 2. The highest BCUT2D eigenvalue weighted by atomic mass is 32.1. The molecule has 1 aliphatic carbocycles. The lowest BCUT2D eigenvalue weighted by Gasteiger charge is -2.29. The smallest absolute Gasteiger partial charge is 0.407 e. The van der Waals surface area contributed by atoms with Gasteiger partial charge < -0.3 is 20.1 Å². The number of nitrogens with one attached hydrogen (secondary N) is 1. The van der Waals surface area contributed by atoms with Crippen molar-refractivity contribution in [2.75, 3.05) is 13.2 Å². The molecule has 3 aromatic rings. The summed E-state index contributed by atoms with van der Waals surface area (Å²) in [6, 6.07) is 14.1. The molecular weight excluding hydrogens is 466 g/mol. The Hall–Kier alpha value is -3.72. The van der Waals surface area contributed by atoms with Gasteiger partial charge in [-0.1, -0.05) is 48.5 Å². The Morgan fingerprint density at radius 1 is 1.11 bits per heavy atom. The van der Waals surface area contributed by atoms with E-state index in [0.717, 1.165) is 27.1 Å². The van der Waals surface area contributed by atoms with Crippen molar-refractivity contribution in [2.45, 2.75) is 38.3 Å². The summed E-state index contributed by atoms with van der Waals surface area (Å²) in [5.41, 5.74) is 6.06. The largest absolute Gasteiger partial charge is 0.480 e. The standard InChI is InChI=1S/C26H27N3O5S/c1-3-29(16(2)25(31)32)24(30)23(12-17-13-27-15-35-17)28-26(33)34-14-22-20-10-6-4-8-18(20)19-9-5-7-11-21(19)22/h4-11,13,15-16,22-23H,3,12,14H2,1-2H3,(H,28,33)(H,31,32). The Morgan fingerprint density at radius 3 is 2.29 bits per heavy atom. The van der Waals surface area contributed by atoms with Crippen LogP contribution in [0.2, 0.25) is 0 Å². The Balaban J connectivity index is 1.48. The fourth-order valence-corrected chi connectivity index (χ4v) is 5.12. The maximum atomic E-state index is 13.2. The van der Waals surface area contributed by atoms with Gasteiger partial charge in [-0.2, -0.15) is 0 Å². The van der Waals surface area contributed by atoms with Crippen molar-refractivity contribution in [1.82, 2.24) is 15.2 Å². The van der Waals surface area contributed by atoms with Crippen LogP contribution in [0, 0.1) is 0 Å². The summed E-state index contributed by atoms with van der Waals surface area (Å²) in [6.07, 6.45) is 1.09. The van der Waals surface area contributed by atoms with Gasteiger partial charge in [0.2, 0.25) is 5.91 Å². The van der Waals surface area contributed by atoms with Gasteiger partial charge in [0, 0.05) is 30.0 Å². The quantitative estimate of drug-likeness (QED) is 0.468. The number of carbonyl (C=O) groups excluding carboxylic acids is 2. The molecule has 35 heavy (non-hydrogen) atoms. The van der Waals surface area contributed by atoms with Gasteiger partial charge in [0.15, 0.2) is 0 Å². The number of benzene rings is 2. The van der Waals surface area contributed by atoms with E-state index in [1.807, 2.05) is 36.4 Å². The number of fused-ring (bicyclic) bond motifs is 3. The molecule has 2 aromatic carbocycles. The number of nitrogens with zero attached hydrogens (tertiary/aromatic N) is 2. The number of thiazole rings is 1. The average Bonchev–Trinajstić information content (AvgIpc) is 3.48. The number of aliphatic carboxylic acids is 1. The first-order valence-corrected chi connectivity index (χ1v) is 12.3. The summed E-state index contributed by atoms with van der Waals surface area (Å²) < 4.78 is 5.61. The molecule has 0 radical (unpaired) electrons. The minimum Gasteiger partial charge on any atom is -0.480 e. The van der Waals surface area contributed by atoms with Crippen molar-refractivity contribution in [3.8, 4) is 11.1 Å². The van der Waals surface area contributed by atoms with Gasteiger partial charge in [-0.15, -0.1) is 11.3 Å². The number of hydrogen-bond donors (Lipinski definition) is 2. The molecule has 0 bridgehead atoms. The highest BCUT2D eigenvalue weighted by molar-refractivity contribution is 7.09. The molecule has 8 nitrogen and oxygen atoms in total. The lowest BCUT2D eigenvalue weighted by atomic mass is 9.98. The predicted molar refractivity (Wildman–Crippen MR) is 132 cm³/mol. The van der Waals surface area contributed by atoms with Crippen molar-refractivity contribution < 1.29 is 24.2 Å². The Labute approximate surface area is 207 Å². The third-order valence-electron chi connectivity index (χ3n) is 6.27. The topological polar surface area (TPSA) is 109 Å². The summed E-state index contributed by atoms with van der Waals surface area (Å²) in [4.78, 5) is 43.7. The van der Waals surface area contributed by atoms with E-state index in [1.54, 1.807) is 18.6 Å². The van der Waals surface area contributed by atoms with Crippen molar-refractivity contribution in [1.29, 1.82) is 0 Å². The minimum atomic E-state index is -1.11. The van der Waals surface area contributed by atoms with Crippen LogP contribution >= 0.6 is 11.3 Å². The Kier molecular flexibility index (Phi) is 7.45. The fraction of sp³-hybridized carbons (Fsp3) is 0.308. The molecular formula is C26H27N3O5S. The molecule has 1 aliphatic rings. The second-order valence-corrected chi connectivity index (χ2v) is 9.30. The molecule has 9 heteroatoms. The van der Waals surface area contributed by atoms with E-state index in [9.17, 15) is 19.5 Å². The number of aromatic nitrogens is 1. The third-order valence-corrected chi connectivity index (χ3v) is 7.07. The van der Waals surface area contributed by atoms with E-state index in [2.05, 4.69) is 22.4 Å². The van der Waals surface area contributed by atoms with Gasteiger partial charge in [0.05, 0.1) is 5.51 Å². The van der Waals surface area contributed by atoms with E-state index in [4.69, 9.17) is 4.74 Å². The Bertz CT molecular complexity index is 1170. The highest BCUT2D eigenvalue weighted by Gasteiger charge is 2.33. The van der Waals surface area contributed by atoms with Gasteiger partial charge in [-0.3, -0.25) is 9.78 Å². The molecule has 1 aromatic heterocycles. The van der Waals surface area contributed by atoms with Crippen LogP contribution in [0.15, 0.2) is 60.2 Å². The zero-order valence-electron chi connectivity index (χ0n) is 19.5. The van der Waals surface area contributed by atoms with Crippen LogP contribution in [0.25, 0.3) is 11.1 Å². The number of likely N-dealkylation sites (N-methyl/N-ethyl adjacent to an activating group) is 1. The molecule has 2 atom stereocenters. The second kappa shape index (κ2) is 10.7. The number of alkyl carbamates (subject to hydrolysis) is 1. The number of hydrogen-bond acceptors (Lipinski definition) is 6. The van der Waals surface area contributed by atoms with Gasteiger partial charge >= 0.3 is 12.1 Å². The maximum Gasteiger partial charge on any atom is 0.407 e. The second-order valence-electron chi connectivity index (χ2n) is 8.33. The zero-order chi connectivity index (χ0) is 24.9. The number of ether oxygens (including phenoxy) is 1. The van der Waals surface area contributed by atoms with Gasteiger partial charge in [0.25, 0.3) is 0 Å². The molecule has 0 saturated carbocycles. The molecule has 2 N–H and O–H groups in total. The van der Waals surface area contributed by atoms with Crippen molar-refractivity contribution in [3.63, 3.8) is 0 Å². The van der Waals surface area contributed by atoms with Crippen LogP contribution in [0.5, 0.6) is 0 Å². The van der Waals surface area contributed by atoms with Crippen molar-refractivity contribution >= 4 is 29.3 Å². The summed E-state index contributed by atoms with van der Waals surface area (Å²) in [5, 5.41) is 12.1. The predicted octanol–water partition coefficient (Wildman–Crippen LogP) is 3.91. The van der Waals surface area contributed by atoms with Crippen LogP contribution in [-0.4, -0.2) is 58.2 Å². The van der Waals surface area contributed by atoms with Crippen LogP contribution in [0.1, 0.15) is 35.8 Å². The van der Waals surface area contributed by atoms with Crippen LogP contribution < -0.4 is 5.32 Å². The van der Waals surface area contributed by atoms with Gasteiger partial charge in [-0.25, -0.2) is 9.59 Å². The number of carboxylic acid groups (broad SMARTS) is 1. The van der Waals surface area contributed by atoms with Crippen LogP contribution in [-0.2, 0) is 20.7 Å². The lowest BCUT2D eigenvalue weighted by Crippen LogP contribution is -2.53. The van der Waals surface area contributed by atoms with E-state index in [-0.39, 0.29) is 25.5 Å². The number of rotatable bonds is 9. The third kappa shape index (κ3) is 5.19. The molecule has 182 valence electrons. The van der Waals surface area contributed by atoms with Gasteiger partial charge in [0.1, 0.15) is 18.7 Å². The number of carboxylic acids is 1. The molecule has 2 amide bonds. The first kappa shape index (κ1) is 24.4. The monoisotopic (exact) mass is 493 g/mol. The van der Waals surface area contributed by atoms with E-state index >= 15 is 0 Å². The molecule has 1 heterocycles. The first-order chi connectivity index (χ1) is 16.9. The molecule has 2 unspecified atom stereocenters. The molecule has 0 saturated heterocycles. The summed E-state index contributed by atoms with van der Waals surface area (Å²) in [5.74, 6) is -1.70. The van der Waals surface area contributed by atoms with Crippen molar-refractivity contribution in [2.24, 2.45) is 0 Å². The summed E-state index contributed by atoms with van der Waals surface area (Å²) in [6.45, 7) is 3.46. The maximum absolute atomic E-state index is 13.2. The minimum absolute atomic E-state index is 0.108. The van der Waals surface area contributed by atoms with Crippen molar-refractivity contribution in [3.05, 3.63) is 76.2 Å². The summed E-state index contributed by atoms with van der Waals surface area (Å²) in [7, 11) is 0. The van der Waals surface area contributed by atoms with Crippen LogP contribution in [0.4, 0.5) is 4.79 Å². The Morgan fingerprint density at radius 2 is 1.74 bits per heavy atom. The number of carbonyl (C=O) groups is 3. The molecule has 4 rings (SSSR count). The SMILES string of the molecule is CCN(C(=O)C(Cc1cncs1)NC(=O)OCC1c2ccccc2-c2ccccc21)C(C)C(=O)O. The van der Waals surface area contributed by atoms with Crippen LogP contribution in [0.3, 0.4) is 0 Å². The fourth-order valence-electron chi connectivity index (χ4n) is 4.48. The van der Waals surface area contributed by atoms with E-state index < -0.39 is 30.1 Å². The normalized spacial score (nSPS) is 13.9. The molecule has 0 fully saturated rings. The summed E-state index contributed by atoms with van der Waals surface area (Å²) >= 11 is 1.36. The zero-order valence-corrected chi connectivity index (χ0v) is 20.3. The molecule has 0 aliphatic heterocycles. The average molecular weight is 494 g/mol. The molecule has 0 spiro atoms. The van der Waals surface area contributed by atoms with Gasteiger partial charge in [-0.05, 0) is 36.1 Å². The highest BCUT2D eigenvalue weighted by Crippen LogP contribution is 2.44. The lowest BCUT2D eigenvalue weighted by molar-refractivity contribution is -0.150. The van der Waals surface area contributed by atoms with E-state index in [1.165, 1.54) is 23.2 Å². The first-order valence-electron chi connectivity index (χ1n) is 11.4. The van der Waals surface area contributed by atoms with E-state index in [0.29, 0.717) is 0 Å².